The van der Waals surface area contributed by atoms with Crippen LogP contribution in [0, 0.1) is 5.82 Å². The third kappa shape index (κ3) is 3.68. The number of nitrogens with zero attached hydrogens (tertiary/aromatic N) is 5. The lowest BCUT2D eigenvalue weighted by atomic mass is 10.1. The number of hydrogen-bond acceptors (Lipinski definition) is 7. The number of nitrogen functional groups attached to an aromatic ring is 1. The van der Waals surface area contributed by atoms with E-state index in [0.717, 1.165) is 12.0 Å². The summed E-state index contributed by atoms with van der Waals surface area (Å²) in [6.45, 7) is 6.78. The normalized spacial score (nSPS) is 20.2. The molecule has 3 aromatic rings. The first kappa shape index (κ1) is 20.4. The second-order valence-corrected chi connectivity index (χ2v) is 9.30. The van der Waals surface area contributed by atoms with Gasteiger partial charge in [0, 0.05) is 18.7 Å². The van der Waals surface area contributed by atoms with Gasteiger partial charge >= 0.3 is 6.09 Å². The lowest BCUT2D eigenvalue weighted by molar-refractivity contribution is 0.0214. The number of anilines is 2. The van der Waals surface area contributed by atoms with E-state index in [9.17, 15) is 9.18 Å². The highest BCUT2D eigenvalue weighted by Crippen LogP contribution is 2.37. The van der Waals surface area contributed by atoms with Crippen molar-refractivity contribution in [1.82, 2.24) is 19.9 Å². The van der Waals surface area contributed by atoms with Crippen LogP contribution in [0.4, 0.5) is 21.0 Å². The van der Waals surface area contributed by atoms with Crippen LogP contribution in [0.2, 0.25) is 0 Å². The van der Waals surface area contributed by atoms with Gasteiger partial charge in [-0.25, -0.2) is 19.2 Å². The number of ether oxygens (including phenoxy) is 1. The lowest BCUT2D eigenvalue weighted by Crippen LogP contribution is -2.50. The minimum Gasteiger partial charge on any atom is -0.444 e. The molecule has 32 heavy (non-hydrogen) atoms. The Balaban J connectivity index is 1.47. The Labute approximate surface area is 185 Å². The van der Waals surface area contributed by atoms with Crippen LogP contribution in [0.15, 0.2) is 36.4 Å². The van der Waals surface area contributed by atoms with Crippen LogP contribution in [0.5, 0.6) is 0 Å². The number of aromatic nitrogens is 3. The van der Waals surface area contributed by atoms with E-state index >= 15 is 0 Å². The fourth-order valence-corrected chi connectivity index (χ4v) is 4.47. The van der Waals surface area contributed by atoms with Gasteiger partial charge in [-0.3, -0.25) is 0 Å². The van der Waals surface area contributed by atoms with E-state index in [2.05, 4.69) is 14.9 Å². The Morgan fingerprint density at radius 1 is 1.06 bits per heavy atom. The van der Waals surface area contributed by atoms with Crippen LogP contribution in [-0.4, -0.2) is 56.7 Å². The maximum absolute atomic E-state index is 13.3. The number of carbonyl (C=O) groups is 1. The summed E-state index contributed by atoms with van der Waals surface area (Å²) in [5.74, 6) is 0.539. The molecular weight excluding hydrogens is 411 g/mol. The average Bonchev–Trinajstić information content (AvgIpc) is 3.33. The molecule has 0 spiro atoms. The molecule has 2 N–H and O–H groups in total. The summed E-state index contributed by atoms with van der Waals surface area (Å²) in [6, 6.07) is 10.0. The molecule has 0 saturated carbocycles. The van der Waals surface area contributed by atoms with Crippen LogP contribution >= 0.6 is 0 Å². The summed E-state index contributed by atoms with van der Waals surface area (Å²) < 4.78 is 18.9. The first-order valence-electron chi connectivity index (χ1n) is 10.6. The first-order chi connectivity index (χ1) is 15.2. The van der Waals surface area contributed by atoms with E-state index in [-0.39, 0.29) is 29.9 Å². The Kier molecular flexibility index (Phi) is 4.65. The molecule has 1 amide bonds. The molecule has 2 saturated heterocycles. The number of amides is 1. The van der Waals surface area contributed by atoms with Gasteiger partial charge in [0.25, 0.3) is 0 Å². The molecule has 2 bridgehead atoms. The Morgan fingerprint density at radius 3 is 2.47 bits per heavy atom. The number of hydrogen-bond donors (Lipinski definition) is 1. The number of pyridine rings is 1. The number of fused-ring (bicyclic) bond motifs is 3. The summed E-state index contributed by atoms with van der Waals surface area (Å²) in [7, 11) is 0. The van der Waals surface area contributed by atoms with Crippen LogP contribution < -0.4 is 10.6 Å². The van der Waals surface area contributed by atoms with E-state index in [4.69, 9.17) is 15.5 Å². The quantitative estimate of drug-likeness (QED) is 0.655. The molecule has 2 fully saturated rings. The SMILES string of the molecule is CC(C)(C)OC(=O)N1C[C@H]2C[C@@H]1CN2c1nc(N)nc2ccc(-c3ccc(F)cc3)nc12. The zero-order valence-corrected chi connectivity index (χ0v) is 18.2. The van der Waals surface area contributed by atoms with Crippen molar-refractivity contribution in [3.05, 3.63) is 42.2 Å². The topological polar surface area (TPSA) is 97.5 Å². The molecule has 2 atom stereocenters. The third-order valence-electron chi connectivity index (χ3n) is 5.82. The van der Waals surface area contributed by atoms with Crippen LogP contribution in [0.25, 0.3) is 22.3 Å². The van der Waals surface area contributed by atoms with Gasteiger partial charge in [-0.05, 0) is 63.6 Å². The van der Waals surface area contributed by atoms with Crippen LogP contribution in [0.3, 0.4) is 0 Å². The van der Waals surface area contributed by atoms with Crippen molar-refractivity contribution in [1.29, 1.82) is 0 Å². The number of benzene rings is 1. The van der Waals surface area contributed by atoms with Crippen molar-refractivity contribution in [2.45, 2.75) is 44.9 Å². The van der Waals surface area contributed by atoms with Crippen LogP contribution in [0.1, 0.15) is 27.2 Å². The second kappa shape index (κ2) is 7.29. The monoisotopic (exact) mass is 436 g/mol. The van der Waals surface area contributed by atoms with Gasteiger partial charge in [0.2, 0.25) is 5.95 Å². The minimum atomic E-state index is -0.531. The number of likely N-dealkylation sites (tertiary alicyclic amines) is 1. The first-order valence-corrected chi connectivity index (χ1v) is 10.6. The molecule has 0 radical (unpaired) electrons. The van der Waals surface area contributed by atoms with E-state index < -0.39 is 5.60 Å². The van der Waals surface area contributed by atoms with E-state index in [1.807, 2.05) is 32.9 Å². The van der Waals surface area contributed by atoms with Gasteiger partial charge in [-0.2, -0.15) is 4.98 Å². The molecule has 2 aromatic heterocycles. The fourth-order valence-electron chi connectivity index (χ4n) is 4.47. The molecule has 5 rings (SSSR count). The van der Waals surface area contributed by atoms with Gasteiger partial charge < -0.3 is 20.3 Å². The Morgan fingerprint density at radius 2 is 1.81 bits per heavy atom. The third-order valence-corrected chi connectivity index (χ3v) is 5.82. The second-order valence-electron chi connectivity index (χ2n) is 9.30. The van der Waals surface area contributed by atoms with Crippen molar-refractivity contribution < 1.29 is 13.9 Å². The molecular formula is C23H25FN6O2. The van der Waals surface area contributed by atoms with Gasteiger partial charge in [-0.15, -0.1) is 0 Å². The van der Waals surface area contributed by atoms with Gasteiger partial charge in [0.05, 0.1) is 23.3 Å². The summed E-state index contributed by atoms with van der Waals surface area (Å²) >= 11 is 0. The van der Waals surface area contributed by atoms with E-state index in [0.29, 0.717) is 35.6 Å². The summed E-state index contributed by atoms with van der Waals surface area (Å²) in [5.41, 5.74) is 8.25. The standard InChI is InChI=1S/C23H25FN6O2/c1-23(2,3)32-22(31)30-12-15-10-16(30)11-29(15)20-19-18(27-21(25)28-20)9-8-17(26-19)13-4-6-14(24)7-5-13/h4-9,15-16H,10-12H2,1-3H3,(H2,25,27,28)/t15-,16-/m1/s1. The predicted molar refractivity (Wildman–Crippen MR) is 120 cm³/mol. The largest absolute Gasteiger partial charge is 0.444 e. The van der Waals surface area contributed by atoms with Gasteiger partial charge in [0.1, 0.15) is 16.9 Å². The Hall–Kier alpha value is -3.49. The summed E-state index contributed by atoms with van der Waals surface area (Å²) in [4.78, 5) is 30.2. The summed E-state index contributed by atoms with van der Waals surface area (Å²) in [5, 5.41) is 0. The van der Waals surface area contributed by atoms with Crippen molar-refractivity contribution in [3.63, 3.8) is 0 Å². The zero-order chi connectivity index (χ0) is 22.6. The lowest BCUT2D eigenvalue weighted by Gasteiger charge is -2.35. The van der Waals surface area contributed by atoms with Crippen molar-refractivity contribution in [3.8, 4) is 11.3 Å². The molecule has 8 nitrogen and oxygen atoms in total. The molecule has 4 heterocycles. The maximum atomic E-state index is 13.3. The number of nitrogens with two attached hydrogens (primary N) is 1. The molecule has 2 aliphatic heterocycles. The number of carbonyl (C=O) groups excluding carboxylic acids is 1. The average molecular weight is 436 g/mol. The number of halogens is 1. The minimum absolute atomic E-state index is 0.0429. The van der Waals surface area contributed by atoms with Crippen LogP contribution in [-0.2, 0) is 4.74 Å². The maximum Gasteiger partial charge on any atom is 0.410 e. The molecule has 0 aliphatic carbocycles. The van der Waals surface area contributed by atoms with E-state index in [1.54, 1.807) is 17.0 Å². The van der Waals surface area contributed by atoms with Gasteiger partial charge in [-0.1, -0.05) is 0 Å². The highest BCUT2D eigenvalue weighted by atomic mass is 19.1. The zero-order valence-electron chi connectivity index (χ0n) is 18.2. The molecule has 0 unspecified atom stereocenters. The molecule has 2 aliphatic rings. The molecule has 166 valence electrons. The van der Waals surface area contributed by atoms with Crippen molar-refractivity contribution in [2.75, 3.05) is 23.7 Å². The van der Waals surface area contributed by atoms with Crippen molar-refractivity contribution in [2.24, 2.45) is 0 Å². The smallest absolute Gasteiger partial charge is 0.410 e. The molecule has 1 aromatic carbocycles. The van der Waals surface area contributed by atoms with E-state index in [1.165, 1.54) is 12.1 Å². The molecule has 9 heteroatoms. The Bertz CT molecular complexity index is 1190. The highest BCUT2D eigenvalue weighted by Gasteiger charge is 2.47. The highest BCUT2D eigenvalue weighted by molar-refractivity contribution is 5.89. The fraction of sp³-hybridized carbons (Fsp3) is 0.391. The number of rotatable bonds is 2. The van der Waals surface area contributed by atoms with Gasteiger partial charge in [0.15, 0.2) is 5.82 Å². The van der Waals surface area contributed by atoms with Crippen molar-refractivity contribution >= 4 is 28.9 Å². The number of piperazine rings is 1. The predicted octanol–water partition coefficient (Wildman–Crippen LogP) is 3.61. The summed E-state index contributed by atoms with van der Waals surface area (Å²) in [6.07, 6.45) is 0.552.